The number of nitrogens with one attached hydrogen (secondary N) is 1. The lowest BCUT2D eigenvalue weighted by Gasteiger charge is -2.39. The van der Waals surface area contributed by atoms with Crippen LogP contribution in [-0.2, 0) is 13.1 Å². The van der Waals surface area contributed by atoms with Crippen molar-refractivity contribution in [2.45, 2.75) is 13.1 Å². The second kappa shape index (κ2) is 10.4. The average molecular weight is 513 g/mol. The van der Waals surface area contributed by atoms with Crippen molar-refractivity contribution in [1.82, 2.24) is 9.99 Å². The zero-order valence-electron chi connectivity index (χ0n) is 20.2. The van der Waals surface area contributed by atoms with Gasteiger partial charge in [-0.1, -0.05) is 65.9 Å². The Morgan fingerprint density at radius 2 is 1.84 bits per heavy atom. The van der Waals surface area contributed by atoms with Crippen LogP contribution >= 0.6 is 11.6 Å². The summed E-state index contributed by atoms with van der Waals surface area (Å²) in [7, 11) is 1.96. The van der Waals surface area contributed by atoms with E-state index in [0.717, 1.165) is 16.8 Å². The zero-order chi connectivity index (χ0) is 25.9. The summed E-state index contributed by atoms with van der Waals surface area (Å²) in [4.78, 5) is 29.0. The van der Waals surface area contributed by atoms with Gasteiger partial charge in [0.2, 0.25) is 5.43 Å². The Hall–Kier alpha value is -4.25. The van der Waals surface area contributed by atoms with Gasteiger partial charge in [-0.05, 0) is 35.4 Å². The van der Waals surface area contributed by atoms with Crippen molar-refractivity contribution >= 4 is 34.1 Å². The van der Waals surface area contributed by atoms with E-state index in [2.05, 4.69) is 27.1 Å². The molecule has 4 aromatic rings. The highest BCUT2D eigenvalue weighted by Gasteiger charge is 2.26. The van der Waals surface area contributed by atoms with Crippen LogP contribution in [0.5, 0.6) is 0 Å². The van der Waals surface area contributed by atoms with E-state index in [-0.39, 0.29) is 24.1 Å². The number of aliphatic hydroxyl groups excluding tert-OH is 1. The van der Waals surface area contributed by atoms with Crippen LogP contribution in [0.15, 0.2) is 77.7 Å². The molecule has 7 nitrogen and oxygen atoms in total. The minimum Gasteiger partial charge on any atom is -0.384 e. The van der Waals surface area contributed by atoms with E-state index in [1.165, 1.54) is 0 Å². The summed E-state index contributed by atoms with van der Waals surface area (Å²) in [5.41, 5.74) is 3.78. The number of benzene rings is 3. The second-order valence-electron chi connectivity index (χ2n) is 8.87. The van der Waals surface area contributed by atoms with E-state index in [9.17, 15) is 14.7 Å². The average Bonchev–Trinajstić information content (AvgIpc) is 2.91. The van der Waals surface area contributed by atoms with Crippen LogP contribution in [0.2, 0.25) is 5.02 Å². The molecular formula is C29H25ClN4O3. The molecule has 0 atom stereocenters. The molecule has 0 spiro atoms. The first kappa shape index (κ1) is 24.4. The number of hydrogen-bond acceptors (Lipinski definition) is 5. The summed E-state index contributed by atoms with van der Waals surface area (Å²) in [5, 5.41) is 15.1. The molecule has 0 bridgehead atoms. The van der Waals surface area contributed by atoms with Crippen molar-refractivity contribution in [3.8, 4) is 11.8 Å². The number of nitrogens with zero attached hydrogens (tertiary/aromatic N) is 3. The Morgan fingerprint density at radius 3 is 2.57 bits per heavy atom. The van der Waals surface area contributed by atoms with E-state index in [4.69, 9.17) is 11.6 Å². The third kappa shape index (κ3) is 5.03. The van der Waals surface area contributed by atoms with Crippen LogP contribution in [0.25, 0.3) is 10.9 Å². The van der Waals surface area contributed by atoms with Gasteiger partial charge in [-0.3, -0.25) is 19.3 Å². The molecule has 0 saturated heterocycles. The minimum atomic E-state index is -0.461. The maximum absolute atomic E-state index is 13.6. The fourth-order valence-electron chi connectivity index (χ4n) is 4.50. The monoisotopic (exact) mass is 512 g/mol. The van der Waals surface area contributed by atoms with Crippen LogP contribution in [0.4, 0.5) is 5.69 Å². The van der Waals surface area contributed by atoms with Gasteiger partial charge in [-0.15, -0.1) is 0 Å². The van der Waals surface area contributed by atoms with Gasteiger partial charge in [0.15, 0.2) is 0 Å². The third-order valence-electron chi connectivity index (χ3n) is 6.28. The number of halogens is 1. The number of carbonyl (C=O) groups is 1. The summed E-state index contributed by atoms with van der Waals surface area (Å²) < 4.78 is 1.90. The molecule has 0 fully saturated rings. The van der Waals surface area contributed by atoms with Crippen molar-refractivity contribution in [1.29, 1.82) is 0 Å². The normalized spacial score (nSPS) is 12.3. The summed E-state index contributed by atoms with van der Waals surface area (Å²) in [6.07, 6.45) is 1.63. The number of aliphatic hydroxyl groups is 1. The van der Waals surface area contributed by atoms with Gasteiger partial charge < -0.3 is 15.3 Å². The fraction of sp³-hybridized carbons (Fsp3) is 0.172. The van der Waals surface area contributed by atoms with Crippen molar-refractivity contribution in [2.24, 2.45) is 0 Å². The number of amides is 1. The quantitative estimate of drug-likeness (QED) is 0.400. The molecule has 0 radical (unpaired) electrons. The van der Waals surface area contributed by atoms with Gasteiger partial charge in [0.1, 0.15) is 18.8 Å². The number of rotatable bonds is 5. The Morgan fingerprint density at radius 1 is 1.08 bits per heavy atom. The van der Waals surface area contributed by atoms with Crippen LogP contribution in [-0.4, -0.2) is 36.0 Å². The molecule has 2 heterocycles. The standard InChI is InChI=1S/C29H25ClN4O3/c1-32-19-33(17-21-6-3-2-4-7-21)34-18-25(29(37)31-16-20-9-11-23(30)12-10-20)28(36)24-14-22(8-5-13-35)15-26(32)27(24)34/h2-4,6-7,9-12,14-15,18,35H,13,16-17,19H2,1H3,(H,31,37). The van der Waals surface area contributed by atoms with Crippen LogP contribution in [0.3, 0.4) is 0 Å². The lowest BCUT2D eigenvalue weighted by Crippen LogP contribution is -2.47. The topological polar surface area (TPSA) is 77.8 Å². The molecular weight excluding hydrogens is 488 g/mol. The molecule has 3 aromatic carbocycles. The number of aromatic nitrogens is 1. The first-order valence-corrected chi connectivity index (χ1v) is 12.2. The smallest absolute Gasteiger partial charge is 0.257 e. The van der Waals surface area contributed by atoms with Gasteiger partial charge in [-0.2, -0.15) is 0 Å². The highest BCUT2D eigenvalue weighted by molar-refractivity contribution is 6.30. The first-order valence-electron chi connectivity index (χ1n) is 11.8. The maximum atomic E-state index is 13.6. The highest BCUT2D eigenvalue weighted by Crippen LogP contribution is 2.31. The molecule has 1 amide bonds. The SMILES string of the molecule is CN1CN(Cc2ccccc2)n2cc(C(=O)NCc3ccc(Cl)cc3)c(=O)c3cc(C#CCO)cc1c32. The molecule has 0 unspecified atom stereocenters. The number of hydrogen-bond donors (Lipinski definition) is 2. The van der Waals surface area contributed by atoms with Gasteiger partial charge >= 0.3 is 0 Å². The molecule has 0 saturated carbocycles. The lowest BCUT2D eigenvalue weighted by atomic mass is 10.0. The number of carbonyl (C=O) groups excluding carboxylic acids is 1. The molecule has 37 heavy (non-hydrogen) atoms. The van der Waals surface area contributed by atoms with Gasteiger partial charge in [-0.25, -0.2) is 0 Å². The van der Waals surface area contributed by atoms with Crippen molar-refractivity contribution in [3.63, 3.8) is 0 Å². The van der Waals surface area contributed by atoms with Crippen LogP contribution in [0, 0.1) is 11.8 Å². The van der Waals surface area contributed by atoms with E-state index < -0.39 is 5.91 Å². The molecule has 1 aliphatic rings. The largest absolute Gasteiger partial charge is 0.384 e. The molecule has 1 aromatic heterocycles. The fourth-order valence-corrected chi connectivity index (χ4v) is 4.63. The highest BCUT2D eigenvalue weighted by atomic mass is 35.5. The third-order valence-corrected chi connectivity index (χ3v) is 6.53. The number of pyridine rings is 1. The minimum absolute atomic E-state index is 0.0438. The van der Waals surface area contributed by atoms with Gasteiger partial charge in [0, 0.05) is 30.4 Å². The molecule has 186 valence electrons. The van der Waals surface area contributed by atoms with Crippen molar-refractivity contribution in [3.05, 3.63) is 110 Å². The summed E-state index contributed by atoms with van der Waals surface area (Å²) >= 11 is 5.96. The number of anilines is 1. The molecule has 1 aliphatic heterocycles. The zero-order valence-corrected chi connectivity index (χ0v) is 21.0. The second-order valence-corrected chi connectivity index (χ2v) is 9.30. The Kier molecular flexibility index (Phi) is 6.87. The Bertz CT molecular complexity index is 1590. The molecule has 5 rings (SSSR count). The summed E-state index contributed by atoms with van der Waals surface area (Å²) in [6.45, 7) is 1.09. The Labute approximate surface area is 219 Å². The van der Waals surface area contributed by atoms with E-state index >= 15 is 0 Å². The first-order chi connectivity index (χ1) is 17.9. The van der Waals surface area contributed by atoms with E-state index in [0.29, 0.717) is 34.7 Å². The van der Waals surface area contributed by atoms with Crippen LogP contribution in [0.1, 0.15) is 27.0 Å². The predicted octanol–water partition coefficient (Wildman–Crippen LogP) is 3.47. The molecule has 0 aliphatic carbocycles. The predicted molar refractivity (Wildman–Crippen MR) is 146 cm³/mol. The van der Waals surface area contributed by atoms with Crippen molar-refractivity contribution in [2.75, 3.05) is 30.2 Å². The maximum Gasteiger partial charge on any atom is 0.257 e. The Balaban J connectivity index is 1.61. The molecule has 2 N–H and O–H groups in total. The summed E-state index contributed by atoms with van der Waals surface area (Å²) in [6, 6.07) is 20.8. The lowest BCUT2D eigenvalue weighted by molar-refractivity contribution is 0.0949. The van der Waals surface area contributed by atoms with Gasteiger partial charge in [0.05, 0.1) is 23.1 Å². The van der Waals surface area contributed by atoms with E-state index in [1.807, 2.05) is 60.3 Å². The summed E-state index contributed by atoms with van der Waals surface area (Å²) in [5.74, 6) is 5.09. The molecule has 8 heteroatoms. The van der Waals surface area contributed by atoms with E-state index in [1.54, 1.807) is 24.4 Å². The van der Waals surface area contributed by atoms with Gasteiger partial charge in [0.25, 0.3) is 5.91 Å². The van der Waals surface area contributed by atoms with Crippen LogP contribution < -0.4 is 20.7 Å². The van der Waals surface area contributed by atoms with Crippen molar-refractivity contribution < 1.29 is 9.90 Å².